The second-order valence-corrected chi connectivity index (χ2v) is 5.35. The molecule has 0 spiro atoms. The number of fused-ring (bicyclic) bond motifs is 1. The molecule has 23 heavy (non-hydrogen) atoms. The van der Waals surface area contributed by atoms with E-state index in [-0.39, 0.29) is 17.9 Å². The van der Waals surface area contributed by atoms with Gasteiger partial charge >= 0.3 is 0 Å². The molecule has 3 aromatic heterocycles. The van der Waals surface area contributed by atoms with E-state index in [1.165, 1.54) is 10.8 Å². The fraction of sp³-hybridized carbons (Fsp3) is 0.312. The first-order valence-corrected chi connectivity index (χ1v) is 7.31. The highest BCUT2D eigenvalue weighted by molar-refractivity contribution is 5.79. The summed E-state index contributed by atoms with van der Waals surface area (Å²) in [4.78, 5) is 24.1. The Morgan fingerprint density at radius 1 is 1.35 bits per heavy atom. The van der Waals surface area contributed by atoms with E-state index < -0.39 is 0 Å². The van der Waals surface area contributed by atoms with Gasteiger partial charge in [0.2, 0.25) is 5.91 Å². The van der Waals surface area contributed by atoms with E-state index in [1.807, 2.05) is 6.07 Å². The lowest BCUT2D eigenvalue weighted by Gasteiger charge is -2.07. The summed E-state index contributed by atoms with van der Waals surface area (Å²) in [7, 11) is 0. The first-order chi connectivity index (χ1) is 11.1. The van der Waals surface area contributed by atoms with Crippen molar-refractivity contribution in [3.8, 4) is 0 Å². The van der Waals surface area contributed by atoms with Crippen LogP contribution in [0, 0.1) is 13.8 Å². The highest BCUT2D eigenvalue weighted by atomic mass is 16.5. The fourth-order valence-electron chi connectivity index (χ4n) is 2.46. The lowest BCUT2D eigenvalue weighted by atomic mass is 10.1. The van der Waals surface area contributed by atoms with Gasteiger partial charge in [0.1, 0.15) is 5.76 Å². The molecule has 7 heteroatoms. The molecule has 0 saturated heterocycles. The summed E-state index contributed by atoms with van der Waals surface area (Å²) < 4.78 is 11.7. The summed E-state index contributed by atoms with van der Waals surface area (Å²) in [5, 5.41) is 7.39. The zero-order valence-electron chi connectivity index (χ0n) is 13.0. The number of nitrogens with zero attached hydrogens (tertiary/aromatic N) is 2. The molecule has 120 valence electrons. The molecule has 0 aliphatic rings. The smallest absolute Gasteiger partial charge is 0.294 e. The highest BCUT2D eigenvalue weighted by Gasteiger charge is 2.13. The van der Waals surface area contributed by atoms with Crippen LogP contribution in [0.25, 0.3) is 11.0 Å². The van der Waals surface area contributed by atoms with Crippen molar-refractivity contribution in [2.45, 2.75) is 26.8 Å². The van der Waals surface area contributed by atoms with Crippen LogP contribution < -0.4 is 10.9 Å². The zero-order valence-corrected chi connectivity index (χ0v) is 13.0. The minimum Gasteiger partial charge on any atom is -0.459 e. The van der Waals surface area contributed by atoms with Gasteiger partial charge in [-0.05, 0) is 26.0 Å². The predicted molar refractivity (Wildman–Crippen MR) is 83.2 cm³/mol. The van der Waals surface area contributed by atoms with Gasteiger partial charge in [-0.15, -0.1) is 0 Å². The molecule has 0 fully saturated rings. The zero-order chi connectivity index (χ0) is 16.4. The molecule has 1 N–H and O–H groups in total. The Bertz CT molecular complexity index is 884. The van der Waals surface area contributed by atoms with Crippen molar-refractivity contribution in [2.24, 2.45) is 0 Å². The second-order valence-electron chi connectivity index (χ2n) is 5.35. The van der Waals surface area contributed by atoms with E-state index in [0.29, 0.717) is 24.4 Å². The van der Waals surface area contributed by atoms with Gasteiger partial charge in [0.05, 0.1) is 18.4 Å². The summed E-state index contributed by atoms with van der Waals surface area (Å²) >= 11 is 0. The summed E-state index contributed by atoms with van der Waals surface area (Å²) in [5.74, 6) is 0.517. The monoisotopic (exact) mass is 315 g/mol. The number of carbonyl (C=O) groups excluding carboxylic acids is 1. The molecule has 3 aromatic rings. The molecular formula is C16H17N3O4. The standard InChI is InChI=1S/C16H17N3O4/c1-10-13(11(2)23-18-10)9-14(20)17-5-7-19-6-3-12-4-8-22-15(12)16(19)21/h3-4,6,8H,5,7,9H2,1-2H3,(H,17,20). The van der Waals surface area contributed by atoms with Gasteiger partial charge in [-0.3, -0.25) is 9.59 Å². The van der Waals surface area contributed by atoms with Crippen LogP contribution in [0.15, 0.2) is 38.3 Å². The van der Waals surface area contributed by atoms with Crippen molar-refractivity contribution in [1.29, 1.82) is 0 Å². The van der Waals surface area contributed by atoms with Gasteiger partial charge < -0.3 is 18.8 Å². The number of hydrogen-bond acceptors (Lipinski definition) is 5. The number of nitrogens with one attached hydrogen (secondary N) is 1. The maximum atomic E-state index is 12.1. The quantitative estimate of drug-likeness (QED) is 0.771. The van der Waals surface area contributed by atoms with Crippen molar-refractivity contribution in [1.82, 2.24) is 15.0 Å². The van der Waals surface area contributed by atoms with Crippen molar-refractivity contribution >= 4 is 16.9 Å². The molecule has 0 saturated carbocycles. The SMILES string of the molecule is Cc1noc(C)c1CC(=O)NCCn1ccc2ccoc2c1=O. The summed E-state index contributed by atoms with van der Waals surface area (Å²) in [6.45, 7) is 4.31. The van der Waals surface area contributed by atoms with E-state index >= 15 is 0 Å². The Morgan fingerprint density at radius 2 is 2.17 bits per heavy atom. The molecule has 0 aromatic carbocycles. The van der Waals surface area contributed by atoms with Gasteiger partial charge in [-0.25, -0.2) is 0 Å². The van der Waals surface area contributed by atoms with Crippen molar-refractivity contribution < 1.29 is 13.7 Å². The Balaban J connectivity index is 1.59. The fourth-order valence-corrected chi connectivity index (χ4v) is 2.46. The van der Waals surface area contributed by atoms with Crippen molar-refractivity contribution in [3.05, 3.63) is 52.0 Å². The molecule has 3 rings (SSSR count). The molecule has 0 unspecified atom stereocenters. The Labute approximate surface area is 131 Å². The van der Waals surface area contributed by atoms with E-state index in [2.05, 4.69) is 10.5 Å². The predicted octanol–water partition coefficient (Wildman–Crippen LogP) is 1.56. The number of pyridine rings is 1. The van der Waals surface area contributed by atoms with Crippen LogP contribution in [-0.4, -0.2) is 22.2 Å². The third kappa shape index (κ3) is 3.03. The maximum absolute atomic E-state index is 12.1. The second kappa shape index (κ2) is 6.12. The van der Waals surface area contributed by atoms with E-state index in [0.717, 1.165) is 16.6 Å². The molecule has 0 radical (unpaired) electrons. The third-order valence-electron chi connectivity index (χ3n) is 3.78. The molecule has 1 amide bonds. The average Bonchev–Trinajstić information content (AvgIpc) is 3.12. The van der Waals surface area contributed by atoms with Crippen LogP contribution >= 0.6 is 0 Å². The number of aromatic nitrogens is 2. The largest absolute Gasteiger partial charge is 0.459 e. The van der Waals surface area contributed by atoms with Gasteiger partial charge in [0.15, 0.2) is 5.58 Å². The van der Waals surface area contributed by atoms with Gasteiger partial charge in [0, 0.05) is 30.2 Å². The van der Waals surface area contributed by atoms with Crippen LogP contribution in [0.1, 0.15) is 17.0 Å². The topological polar surface area (TPSA) is 90.3 Å². The van der Waals surface area contributed by atoms with E-state index in [4.69, 9.17) is 8.94 Å². The van der Waals surface area contributed by atoms with Crippen LogP contribution in [0.5, 0.6) is 0 Å². The van der Waals surface area contributed by atoms with Gasteiger partial charge in [-0.1, -0.05) is 5.16 Å². The first-order valence-electron chi connectivity index (χ1n) is 7.31. The van der Waals surface area contributed by atoms with Crippen LogP contribution in [0.3, 0.4) is 0 Å². The van der Waals surface area contributed by atoms with Gasteiger partial charge in [-0.2, -0.15) is 0 Å². The molecule has 0 atom stereocenters. The lowest BCUT2D eigenvalue weighted by molar-refractivity contribution is -0.120. The normalized spacial score (nSPS) is 11.0. The molecular weight excluding hydrogens is 298 g/mol. The molecule has 0 bridgehead atoms. The average molecular weight is 315 g/mol. The van der Waals surface area contributed by atoms with Crippen LogP contribution in [0.4, 0.5) is 0 Å². The number of carbonyl (C=O) groups is 1. The third-order valence-corrected chi connectivity index (χ3v) is 3.78. The molecule has 7 nitrogen and oxygen atoms in total. The van der Waals surface area contributed by atoms with Crippen LogP contribution in [-0.2, 0) is 17.8 Å². The number of rotatable bonds is 5. The number of furan rings is 1. The molecule has 3 heterocycles. The summed E-state index contributed by atoms with van der Waals surface area (Å²) in [5.41, 5.74) is 1.65. The van der Waals surface area contributed by atoms with Crippen LogP contribution in [0.2, 0.25) is 0 Å². The minimum atomic E-state index is -0.201. The Kier molecular flexibility index (Phi) is 4.01. The highest BCUT2D eigenvalue weighted by Crippen LogP contribution is 2.12. The number of hydrogen-bond donors (Lipinski definition) is 1. The Morgan fingerprint density at radius 3 is 2.91 bits per heavy atom. The van der Waals surface area contributed by atoms with E-state index in [1.54, 1.807) is 26.1 Å². The van der Waals surface area contributed by atoms with Crippen molar-refractivity contribution in [2.75, 3.05) is 6.54 Å². The van der Waals surface area contributed by atoms with E-state index in [9.17, 15) is 9.59 Å². The molecule has 0 aliphatic carbocycles. The number of amides is 1. The van der Waals surface area contributed by atoms with Crippen molar-refractivity contribution in [3.63, 3.8) is 0 Å². The Hall–Kier alpha value is -2.83. The van der Waals surface area contributed by atoms with Gasteiger partial charge in [0.25, 0.3) is 5.56 Å². The summed E-state index contributed by atoms with van der Waals surface area (Å²) in [6.07, 6.45) is 3.40. The summed E-state index contributed by atoms with van der Waals surface area (Å²) in [6, 6.07) is 3.55. The number of aryl methyl sites for hydroxylation is 2. The first kappa shape index (κ1) is 15.1. The molecule has 0 aliphatic heterocycles. The maximum Gasteiger partial charge on any atom is 0.294 e. The lowest BCUT2D eigenvalue weighted by Crippen LogP contribution is -2.31. The minimum absolute atomic E-state index is 0.133.